The molecule has 2 atom stereocenters. The van der Waals surface area contributed by atoms with E-state index in [1.54, 1.807) is 0 Å². The van der Waals surface area contributed by atoms with Gasteiger partial charge in [0.15, 0.2) is 5.78 Å². The first kappa shape index (κ1) is 22.1. The Morgan fingerprint density at radius 2 is 1.97 bits per heavy atom. The van der Waals surface area contributed by atoms with Crippen LogP contribution in [0.5, 0.6) is 0 Å². The molecule has 1 saturated carbocycles. The van der Waals surface area contributed by atoms with Crippen LogP contribution in [0.4, 0.5) is 0 Å². The lowest BCUT2D eigenvalue weighted by Crippen LogP contribution is -2.38. The maximum atomic E-state index is 13.4. The summed E-state index contributed by atoms with van der Waals surface area (Å²) in [5.41, 5.74) is 4.46. The van der Waals surface area contributed by atoms with Gasteiger partial charge in [-0.1, -0.05) is 6.92 Å². The molecule has 0 amide bonds. The van der Waals surface area contributed by atoms with Crippen LogP contribution in [0.25, 0.3) is 5.69 Å². The minimum absolute atomic E-state index is 0.190. The molecule has 1 aliphatic heterocycles. The summed E-state index contributed by atoms with van der Waals surface area (Å²) in [5, 5.41) is 9.15. The Hall–Kier alpha value is -2.09. The lowest BCUT2D eigenvalue weighted by atomic mass is 9.81. The van der Waals surface area contributed by atoms with Crippen molar-refractivity contribution in [3.63, 3.8) is 0 Å². The average molecular weight is 438 g/mol. The number of nitriles is 1. The Kier molecular flexibility index (Phi) is 6.28. The number of benzene rings is 1. The highest BCUT2D eigenvalue weighted by molar-refractivity contribution is 6.24. The fourth-order valence-corrected chi connectivity index (χ4v) is 5.69. The number of halogens is 1. The van der Waals surface area contributed by atoms with E-state index in [9.17, 15) is 4.79 Å². The van der Waals surface area contributed by atoms with E-state index >= 15 is 0 Å². The van der Waals surface area contributed by atoms with Crippen molar-refractivity contribution in [2.75, 3.05) is 6.54 Å². The van der Waals surface area contributed by atoms with Crippen molar-refractivity contribution in [3.05, 3.63) is 52.8 Å². The van der Waals surface area contributed by atoms with Crippen molar-refractivity contribution in [3.8, 4) is 11.8 Å². The minimum Gasteiger partial charge on any atom is -0.317 e. The number of carbonyl (C=O) groups is 1. The molecule has 0 N–H and O–H groups in total. The second kappa shape index (κ2) is 8.81. The Morgan fingerprint density at radius 1 is 1.26 bits per heavy atom. The van der Waals surface area contributed by atoms with Crippen molar-refractivity contribution in [1.29, 1.82) is 5.26 Å². The summed E-state index contributed by atoms with van der Waals surface area (Å²) < 4.78 is 2.17. The number of alkyl halides is 1. The summed E-state index contributed by atoms with van der Waals surface area (Å²) in [5.74, 6) is 0.190. The van der Waals surface area contributed by atoms with Crippen LogP contribution in [0.3, 0.4) is 0 Å². The van der Waals surface area contributed by atoms with Crippen molar-refractivity contribution in [2.45, 2.75) is 82.7 Å². The predicted molar refractivity (Wildman–Crippen MR) is 125 cm³/mol. The van der Waals surface area contributed by atoms with Crippen LogP contribution in [-0.4, -0.2) is 38.8 Å². The molecule has 2 aromatic rings. The number of ketones is 1. The fraction of sp³-hybridized carbons (Fsp3) is 0.538. The van der Waals surface area contributed by atoms with Gasteiger partial charge < -0.3 is 4.57 Å². The number of rotatable bonds is 7. The molecule has 0 bridgehead atoms. The summed E-state index contributed by atoms with van der Waals surface area (Å²) in [6.45, 7) is 6.95. The van der Waals surface area contributed by atoms with Crippen molar-refractivity contribution < 1.29 is 4.79 Å². The van der Waals surface area contributed by atoms with Gasteiger partial charge in [-0.05, 0) is 82.7 Å². The van der Waals surface area contributed by atoms with Gasteiger partial charge in [-0.2, -0.15) is 5.26 Å². The molecule has 0 spiro atoms. The maximum Gasteiger partial charge on any atom is 0.178 e. The quantitative estimate of drug-likeness (QED) is 0.405. The molecule has 1 aromatic heterocycles. The second-order valence-corrected chi connectivity index (χ2v) is 10.2. The number of likely N-dealkylation sites (tertiary alicyclic amines) is 1. The summed E-state index contributed by atoms with van der Waals surface area (Å²) in [4.78, 5) is 15.6. The molecule has 4 rings (SSSR count). The van der Waals surface area contributed by atoms with E-state index < -0.39 is 0 Å². The van der Waals surface area contributed by atoms with Gasteiger partial charge in [-0.15, -0.1) is 11.6 Å². The molecule has 4 nitrogen and oxygen atoms in total. The zero-order chi connectivity index (χ0) is 22.2. The lowest BCUT2D eigenvalue weighted by Gasteiger charge is -2.36. The van der Waals surface area contributed by atoms with E-state index in [2.05, 4.69) is 35.5 Å². The molecule has 1 aliphatic carbocycles. The van der Waals surface area contributed by atoms with Crippen LogP contribution >= 0.6 is 11.6 Å². The third-order valence-electron chi connectivity index (χ3n) is 7.38. The maximum absolute atomic E-state index is 13.4. The van der Waals surface area contributed by atoms with Crippen LogP contribution in [0.15, 0.2) is 30.3 Å². The molecule has 1 aromatic carbocycles. The summed E-state index contributed by atoms with van der Waals surface area (Å²) in [6.07, 6.45) is 7.37. The summed E-state index contributed by atoms with van der Waals surface area (Å²) >= 11 is 6.84. The Bertz CT molecular complexity index is 997. The van der Waals surface area contributed by atoms with Crippen LogP contribution in [0.2, 0.25) is 0 Å². The van der Waals surface area contributed by atoms with Crippen molar-refractivity contribution in [2.24, 2.45) is 0 Å². The fourth-order valence-electron chi connectivity index (χ4n) is 5.29. The van der Waals surface area contributed by atoms with Gasteiger partial charge in [0.1, 0.15) is 0 Å². The number of carbonyl (C=O) groups excluding carboxylic acids is 1. The molecule has 164 valence electrons. The lowest BCUT2D eigenvalue weighted by molar-refractivity contribution is 0.0888. The molecule has 2 heterocycles. The SMILES string of the molecule is CCC1CCC(C)N1CC(=O)c1cc(CC2(Cl)CCC2)n(-c2ccc(C#N)cc2)c1C. The number of aromatic nitrogens is 1. The first-order valence-electron chi connectivity index (χ1n) is 11.5. The Labute approximate surface area is 190 Å². The Morgan fingerprint density at radius 3 is 2.55 bits per heavy atom. The topological polar surface area (TPSA) is 49.0 Å². The van der Waals surface area contributed by atoms with Gasteiger partial charge in [0, 0.05) is 41.1 Å². The molecule has 31 heavy (non-hydrogen) atoms. The van der Waals surface area contributed by atoms with Gasteiger partial charge in [-0.3, -0.25) is 9.69 Å². The van der Waals surface area contributed by atoms with Crippen LogP contribution in [0, 0.1) is 18.3 Å². The highest BCUT2D eigenvalue weighted by Crippen LogP contribution is 2.42. The van der Waals surface area contributed by atoms with E-state index in [0.29, 0.717) is 24.2 Å². The number of hydrogen-bond donors (Lipinski definition) is 0. The van der Waals surface area contributed by atoms with Crippen molar-refractivity contribution in [1.82, 2.24) is 9.47 Å². The van der Waals surface area contributed by atoms with E-state index in [-0.39, 0.29) is 10.7 Å². The molecule has 2 unspecified atom stereocenters. The highest BCUT2D eigenvalue weighted by atomic mass is 35.5. The third kappa shape index (κ3) is 4.31. The highest BCUT2D eigenvalue weighted by Gasteiger charge is 2.37. The van der Waals surface area contributed by atoms with Crippen LogP contribution < -0.4 is 0 Å². The zero-order valence-electron chi connectivity index (χ0n) is 18.8. The zero-order valence-corrected chi connectivity index (χ0v) is 19.6. The molecule has 1 saturated heterocycles. The van der Waals surface area contributed by atoms with E-state index in [1.165, 1.54) is 6.42 Å². The second-order valence-electron chi connectivity index (χ2n) is 9.39. The van der Waals surface area contributed by atoms with E-state index in [4.69, 9.17) is 16.9 Å². The third-order valence-corrected chi connectivity index (χ3v) is 7.89. The number of hydrogen-bond acceptors (Lipinski definition) is 3. The van der Waals surface area contributed by atoms with E-state index in [1.807, 2.05) is 31.2 Å². The minimum atomic E-state index is -0.202. The molecule has 2 fully saturated rings. The normalized spacial score (nSPS) is 22.8. The number of Topliss-reactive ketones (excluding diaryl/α,β-unsaturated/α-hetero) is 1. The van der Waals surface area contributed by atoms with Gasteiger partial charge >= 0.3 is 0 Å². The standard InChI is InChI=1S/C26H32ClN3O/c1-4-21-9-6-18(2)29(21)17-25(31)24-14-23(15-26(27)12-5-13-26)30(19(24)3)22-10-7-20(16-28)8-11-22/h7-8,10-11,14,18,21H,4-6,9,12-13,15,17H2,1-3H3. The first-order valence-corrected chi connectivity index (χ1v) is 11.9. The van der Waals surface area contributed by atoms with Gasteiger partial charge in [-0.25, -0.2) is 0 Å². The van der Waals surface area contributed by atoms with Gasteiger partial charge in [0.25, 0.3) is 0 Å². The molecular weight excluding hydrogens is 406 g/mol. The smallest absolute Gasteiger partial charge is 0.178 e. The Balaban J connectivity index is 1.68. The predicted octanol–water partition coefficient (Wildman–Crippen LogP) is 5.81. The molecule has 2 aliphatic rings. The average Bonchev–Trinajstić information content (AvgIpc) is 3.26. The van der Waals surface area contributed by atoms with Crippen molar-refractivity contribution >= 4 is 17.4 Å². The van der Waals surface area contributed by atoms with E-state index in [0.717, 1.165) is 61.2 Å². The van der Waals surface area contributed by atoms with Crippen LogP contribution in [-0.2, 0) is 6.42 Å². The summed E-state index contributed by atoms with van der Waals surface area (Å²) in [6, 6.07) is 12.8. The first-order chi connectivity index (χ1) is 14.8. The monoisotopic (exact) mass is 437 g/mol. The largest absolute Gasteiger partial charge is 0.317 e. The summed E-state index contributed by atoms with van der Waals surface area (Å²) in [7, 11) is 0. The van der Waals surface area contributed by atoms with Crippen LogP contribution in [0.1, 0.15) is 79.7 Å². The van der Waals surface area contributed by atoms with Gasteiger partial charge in [0.2, 0.25) is 0 Å². The molecule has 0 radical (unpaired) electrons. The number of nitrogens with zero attached hydrogens (tertiary/aromatic N) is 3. The molecule has 5 heteroatoms. The van der Waals surface area contributed by atoms with Gasteiger partial charge in [0.05, 0.1) is 23.1 Å². The molecular formula is C26H32ClN3O.